The zero-order valence-electron chi connectivity index (χ0n) is 13.6. The van der Waals surface area contributed by atoms with Gasteiger partial charge in [0.25, 0.3) is 5.91 Å². The number of aromatic nitrogens is 3. The molecule has 1 aromatic carbocycles. The number of nitrogens with zero attached hydrogens (tertiary/aromatic N) is 4. The SMILES string of the molecule is Cc1cccc2cc(C(=O)N3CCN(c4ncccn4)CC3)[nH]c12. The monoisotopic (exact) mass is 321 g/mol. The van der Waals surface area contributed by atoms with Crippen molar-refractivity contribution < 1.29 is 4.79 Å². The normalized spacial score (nSPS) is 15.0. The summed E-state index contributed by atoms with van der Waals surface area (Å²) in [5.74, 6) is 0.782. The zero-order valence-corrected chi connectivity index (χ0v) is 13.6. The number of hydrogen-bond acceptors (Lipinski definition) is 4. The molecule has 0 aliphatic carbocycles. The molecule has 0 spiro atoms. The van der Waals surface area contributed by atoms with Crippen molar-refractivity contribution in [3.8, 4) is 0 Å². The molecule has 1 aliphatic rings. The second-order valence-corrected chi connectivity index (χ2v) is 6.05. The van der Waals surface area contributed by atoms with Crippen molar-refractivity contribution in [2.75, 3.05) is 31.1 Å². The molecule has 2 aromatic heterocycles. The average Bonchev–Trinajstić information content (AvgIpc) is 3.08. The van der Waals surface area contributed by atoms with Crippen molar-refractivity contribution >= 4 is 22.8 Å². The number of hydrogen-bond donors (Lipinski definition) is 1. The van der Waals surface area contributed by atoms with Crippen LogP contribution in [-0.4, -0.2) is 51.9 Å². The summed E-state index contributed by atoms with van der Waals surface area (Å²) in [6.45, 7) is 4.88. The van der Waals surface area contributed by atoms with Crippen LogP contribution in [0.2, 0.25) is 0 Å². The number of benzene rings is 1. The lowest BCUT2D eigenvalue weighted by Gasteiger charge is -2.34. The van der Waals surface area contributed by atoms with E-state index in [0.717, 1.165) is 35.5 Å². The molecule has 3 aromatic rings. The molecular weight excluding hydrogens is 302 g/mol. The Bertz CT molecular complexity index is 866. The standard InChI is InChI=1S/C18H19N5O/c1-13-4-2-5-14-12-15(21-16(13)14)17(24)22-8-10-23(11-9-22)18-19-6-3-7-20-18/h2-7,12,21H,8-11H2,1H3. The van der Waals surface area contributed by atoms with E-state index in [1.807, 2.05) is 36.1 Å². The summed E-state index contributed by atoms with van der Waals surface area (Å²) >= 11 is 0. The van der Waals surface area contributed by atoms with E-state index in [1.54, 1.807) is 18.5 Å². The first-order chi connectivity index (χ1) is 11.7. The number of para-hydroxylation sites is 1. The fourth-order valence-corrected chi connectivity index (χ4v) is 3.16. The van der Waals surface area contributed by atoms with Gasteiger partial charge in [0.2, 0.25) is 5.95 Å². The summed E-state index contributed by atoms with van der Waals surface area (Å²) in [5, 5.41) is 1.08. The molecular formula is C18H19N5O. The lowest BCUT2D eigenvalue weighted by molar-refractivity contribution is 0.0741. The molecule has 4 rings (SSSR count). The smallest absolute Gasteiger partial charge is 0.270 e. The maximum Gasteiger partial charge on any atom is 0.270 e. The number of aryl methyl sites for hydroxylation is 1. The van der Waals surface area contributed by atoms with Crippen molar-refractivity contribution in [2.24, 2.45) is 0 Å². The van der Waals surface area contributed by atoms with E-state index in [2.05, 4.69) is 19.9 Å². The molecule has 0 radical (unpaired) electrons. The first-order valence-corrected chi connectivity index (χ1v) is 8.12. The van der Waals surface area contributed by atoms with Gasteiger partial charge in [-0.05, 0) is 24.6 Å². The van der Waals surface area contributed by atoms with Crippen LogP contribution < -0.4 is 4.90 Å². The summed E-state index contributed by atoms with van der Waals surface area (Å²) in [6.07, 6.45) is 3.49. The highest BCUT2D eigenvalue weighted by atomic mass is 16.2. The van der Waals surface area contributed by atoms with E-state index in [-0.39, 0.29) is 5.91 Å². The highest BCUT2D eigenvalue weighted by Crippen LogP contribution is 2.20. The molecule has 1 N–H and O–H groups in total. The summed E-state index contributed by atoms with van der Waals surface area (Å²) in [7, 11) is 0. The molecule has 6 nitrogen and oxygen atoms in total. The van der Waals surface area contributed by atoms with E-state index in [1.165, 1.54) is 0 Å². The molecule has 0 bridgehead atoms. The Morgan fingerprint density at radius 3 is 2.54 bits per heavy atom. The van der Waals surface area contributed by atoms with Crippen LogP contribution in [0.4, 0.5) is 5.95 Å². The average molecular weight is 321 g/mol. The van der Waals surface area contributed by atoms with Crippen LogP contribution in [-0.2, 0) is 0 Å². The molecule has 3 heterocycles. The predicted octanol–water partition coefficient (Wildman–Crippen LogP) is 2.23. The van der Waals surface area contributed by atoms with Gasteiger partial charge in [0.05, 0.1) is 0 Å². The third-order valence-corrected chi connectivity index (χ3v) is 4.50. The van der Waals surface area contributed by atoms with Crippen LogP contribution in [0.25, 0.3) is 10.9 Å². The van der Waals surface area contributed by atoms with Gasteiger partial charge in [-0.2, -0.15) is 0 Å². The van der Waals surface area contributed by atoms with E-state index >= 15 is 0 Å². The number of carbonyl (C=O) groups excluding carboxylic acids is 1. The van der Waals surface area contributed by atoms with E-state index < -0.39 is 0 Å². The Labute approximate surface area is 140 Å². The first-order valence-electron chi connectivity index (χ1n) is 8.12. The van der Waals surface area contributed by atoms with E-state index in [4.69, 9.17) is 0 Å². The fraction of sp³-hybridized carbons (Fsp3) is 0.278. The Kier molecular flexibility index (Phi) is 3.65. The first kappa shape index (κ1) is 14.7. The van der Waals surface area contributed by atoms with Crippen LogP contribution in [0.5, 0.6) is 0 Å². The van der Waals surface area contributed by atoms with Gasteiger partial charge in [0.15, 0.2) is 0 Å². The maximum atomic E-state index is 12.8. The minimum Gasteiger partial charge on any atom is -0.350 e. The van der Waals surface area contributed by atoms with Gasteiger partial charge in [0, 0.05) is 49.5 Å². The van der Waals surface area contributed by atoms with Crippen molar-refractivity contribution in [1.82, 2.24) is 19.9 Å². The molecule has 1 amide bonds. The zero-order chi connectivity index (χ0) is 16.5. The molecule has 122 valence electrons. The van der Waals surface area contributed by atoms with Gasteiger partial charge in [-0.25, -0.2) is 9.97 Å². The highest BCUT2D eigenvalue weighted by molar-refractivity contribution is 5.98. The fourth-order valence-electron chi connectivity index (χ4n) is 3.16. The quantitative estimate of drug-likeness (QED) is 0.786. The van der Waals surface area contributed by atoms with Crippen LogP contribution in [0.15, 0.2) is 42.7 Å². The van der Waals surface area contributed by atoms with Crippen LogP contribution in [0.1, 0.15) is 16.1 Å². The van der Waals surface area contributed by atoms with Gasteiger partial charge in [-0.15, -0.1) is 0 Å². The van der Waals surface area contributed by atoms with E-state index in [0.29, 0.717) is 18.8 Å². The Balaban J connectivity index is 1.48. The largest absolute Gasteiger partial charge is 0.350 e. The van der Waals surface area contributed by atoms with Gasteiger partial charge in [-0.1, -0.05) is 18.2 Å². The molecule has 1 aliphatic heterocycles. The molecule has 1 fully saturated rings. The minimum absolute atomic E-state index is 0.0548. The number of piperazine rings is 1. The Morgan fingerprint density at radius 2 is 1.83 bits per heavy atom. The van der Waals surface area contributed by atoms with Crippen molar-refractivity contribution in [3.05, 3.63) is 54.0 Å². The van der Waals surface area contributed by atoms with Crippen LogP contribution in [0, 0.1) is 6.92 Å². The summed E-state index contributed by atoms with van der Waals surface area (Å²) in [6, 6.07) is 9.84. The molecule has 0 saturated carbocycles. The number of carbonyl (C=O) groups is 1. The number of H-pyrrole nitrogens is 1. The summed E-state index contributed by atoms with van der Waals surface area (Å²) in [4.78, 5) is 28.6. The maximum absolute atomic E-state index is 12.8. The lowest BCUT2D eigenvalue weighted by atomic mass is 10.2. The predicted molar refractivity (Wildman–Crippen MR) is 93.2 cm³/mol. The number of anilines is 1. The number of fused-ring (bicyclic) bond motifs is 1. The number of aromatic amines is 1. The molecule has 6 heteroatoms. The number of rotatable bonds is 2. The molecule has 0 atom stereocenters. The van der Waals surface area contributed by atoms with Gasteiger partial charge < -0.3 is 14.8 Å². The van der Waals surface area contributed by atoms with Crippen molar-refractivity contribution in [1.29, 1.82) is 0 Å². The third-order valence-electron chi connectivity index (χ3n) is 4.50. The minimum atomic E-state index is 0.0548. The number of amides is 1. The second-order valence-electron chi connectivity index (χ2n) is 6.05. The van der Waals surface area contributed by atoms with Gasteiger partial charge >= 0.3 is 0 Å². The summed E-state index contributed by atoms with van der Waals surface area (Å²) < 4.78 is 0. The highest BCUT2D eigenvalue weighted by Gasteiger charge is 2.24. The topological polar surface area (TPSA) is 65.1 Å². The number of nitrogens with one attached hydrogen (secondary N) is 1. The molecule has 24 heavy (non-hydrogen) atoms. The Morgan fingerprint density at radius 1 is 1.08 bits per heavy atom. The van der Waals surface area contributed by atoms with Gasteiger partial charge in [-0.3, -0.25) is 4.79 Å². The lowest BCUT2D eigenvalue weighted by Crippen LogP contribution is -2.49. The molecule has 1 saturated heterocycles. The molecule has 0 unspecified atom stereocenters. The van der Waals surface area contributed by atoms with Crippen molar-refractivity contribution in [3.63, 3.8) is 0 Å². The van der Waals surface area contributed by atoms with E-state index in [9.17, 15) is 4.79 Å². The Hall–Kier alpha value is -2.89. The third kappa shape index (κ3) is 2.60. The van der Waals surface area contributed by atoms with Gasteiger partial charge in [0.1, 0.15) is 5.69 Å². The van der Waals surface area contributed by atoms with Crippen molar-refractivity contribution in [2.45, 2.75) is 6.92 Å². The van der Waals surface area contributed by atoms with Crippen LogP contribution >= 0.6 is 0 Å². The second kappa shape index (κ2) is 5.96. The summed E-state index contributed by atoms with van der Waals surface area (Å²) in [5.41, 5.74) is 2.85. The van der Waals surface area contributed by atoms with Crippen LogP contribution in [0.3, 0.4) is 0 Å².